The molecule has 1 atom stereocenters. The van der Waals surface area contributed by atoms with E-state index in [1.54, 1.807) is 0 Å². The highest BCUT2D eigenvalue weighted by Gasteiger charge is 2.22. The van der Waals surface area contributed by atoms with Crippen LogP contribution in [0.5, 0.6) is 5.75 Å². The summed E-state index contributed by atoms with van der Waals surface area (Å²) in [6.45, 7) is 3.62. The Hall–Kier alpha value is -0.580. The fourth-order valence-electron chi connectivity index (χ4n) is 2.27. The van der Waals surface area contributed by atoms with Crippen molar-refractivity contribution >= 4 is 15.9 Å². The van der Waals surface area contributed by atoms with Crippen molar-refractivity contribution in [2.75, 3.05) is 26.2 Å². The fourth-order valence-corrected chi connectivity index (χ4v) is 2.53. The Balaban J connectivity index is 1.74. The highest BCUT2D eigenvalue weighted by molar-refractivity contribution is 9.10. The van der Waals surface area contributed by atoms with E-state index >= 15 is 0 Å². The number of hydrogen-bond acceptors (Lipinski definition) is 3. The molecule has 94 valence electrons. The lowest BCUT2D eigenvalue weighted by atomic mass is 10.2. The number of nitrogens with two attached hydrogens (primary N) is 1. The van der Waals surface area contributed by atoms with E-state index in [0.29, 0.717) is 6.04 Å². The maximum atomic E-state index is 5.74. The van der Waals surface area contributed by atoms with E-state index in [9.17, 15) is 0 Å². The molecule has 2 rings (SSSR count). The third-order valence-electron chi connectivity index (χ3n) is 3.23. The van der Waals surface area contributed by atoms with Gasteiger partial charge >= 0.3 is 0 Å². The molecule has 2 N–H and O–H groups in total. The smallest absolute Gasteiger partial charge is 0.119 e. The van der Waals surface area contributed by atoms with Gasteiger partial charge in [-0.25, -0.2) is 0 Å². The summed E-state index contributed by atoms with van der Waals surface area (Å²) in [6, 6.07) is 8.51. The standard InChI is InChI=1S/C13H19BrN2O/c14-11-3-5-13(6-4-11)17-9-8-16-7-1-2-12(16)10-15/h3-6,12H,1-2,7-10,15H2. The number of hydrogen-bond donors (Lipinski definition) is 1. The van der Waals surface area contributed by atoms with Gasteiger partial charge in [0.15, 0.2) is 0 Å². The molecule has 1 aromatic rings. The summed E-state index contributed by atoms with van der Waals surface area (Å²) in [6.07, 6.45) is 2.49. The molecular formula is C13H19BrN2O. The van der Waals surface area contributed by atoms with Crippen LogP contribution < -0.4 is 10.5 Å². The van der Waals surface area contributed by atoms with Crippen molar-refractivity contribution in [2.24, 2.45) is 5.73 Å². The lowest BCUT2D eigenvalue weighted by Gasteiger charge is -2.22. The number of likely N-dealkylation sites (tertiary alicyclic amines) is 1. The molecule has 0 radical (unpaired) electrons. The summed E-state index contributed by atoms with van der Waals surface area (Å²) >= 11 is 3.41. The molecule has 0 aliphatic carbocycles. The van der Waals surface area contributed by atoms with Crippen LogP contribution in [-0.4, -0.2) is 37.2 Å². The van der Waals surface area contributed by atoms with Gasteiger partial charge in [0.2, 0.25) is 0 Å². The summed E-state index contributed by atoms with van der Waals surface area (Å²) in [4.78, 5) is 2.43. The third-order valence-corrected chi connectivity index (χ3v) is 3.76. The monoisotopic (exact) mass is 298 g/mol. The molecule has 1 saturated heterocycles. The maximum Gasteiger partial charge on any atom is 0.119 e. The van der Waals surface area contributed by atoms with Crippen molar-refractivity contribution in [2.45, 2.75) is 18.9 Å². The molecule has 1 unspecified atom stereocenters. The van der Waals surface area contributed by atoms with Gasteiger partial charge in [0.25, 0.3) is 0 Å². The van der Waals surface area contributed by atoms with Crippen LogP contribution in [0.4, 0.5) is 0 Å². The van der Waals surface area contributed by atoms with Crippen LogP contribution in [0.3, 0.4) is 0 Å². The molecule has 0 amide bonds. The van der Waals surface area contributed by atoms with E-state index in [0.717, 1.165) is 36.5 Å². The van der Waals surface area contributed by atoms with Gasteiger partial charge in [-0.05, 0) is 43.7 Å². The van der Waals surface area contributed by atoms with Gasteiger partial charge in [-0.3, -0.25) is 4.90 Å². The number of benzene rings is 1. The molecule has 1 fully saturated rings. The molecule has 3 nitrogen and oxygen atoms in total. The van der Waals surface area contributed by atoms with Crippen molar-refractivity contribution in [3.05, 3.63) is 28.7 Å². The van der Waals surface area contributed by atoms with Gasteiger partial charge in [-0.2, -0.15) is 0 Å². The number of nitrogens with zero attached hydrogens (tertiary/aromatic N) is 1. The van der Waals surface area contributed by atoms with Gasteiger partial charge < -0.3 is 10.5 Å². The van der Waals surface area contributed by atoms with E-state index in [2.05, 4.69) is 20.8 Å². The fraction of sp³-hybridized carbons (Fsp3) is 0.538. The predicted octanol–water partition coefficient (Wildman–Crippen LogP) is 2.25. The zero-order valence-electron chi connectivity index (χ0n) is 9.94. The highest BCUT2D eigenvalue weighted by atomic mass is 79.9. The Morgan fingerprint density at radius 3 is 2.82 bits per heavy atom. The molecule has 1 heterocycles. The van der Waals surface area contributed by atoms with Crippen LogP contribution in [-0.2, 0) is 0 Å². The minimum atomic E-state index is 0.559. The average Bonchev–Trinajstić information content (AvgIpc) is 2.79. The summed E-state index contributed by atoms with van der Waals surface area (Å²) in [7, 11) is 0. The minimum absolute atomic E-state index is 0.559. The normalized spacial score (nSPS) is 20.7. The third kappa shape index (κ3) is 3.69. The molecule has 1 aromatic carbocycles. The topological polar surface area (TPSA) is 38.5 Å². The first-order valence-electron chi connectivity index (χ1n) is 6.12. The SMILES string of the molecule is NCC1CCCN1CCOc1ccc(Br)cc1. The zero-order valence-corrected chi connectivity index (χ0v) is 11.5. The van der Waals surface area contributed by atoms with Crippen molar-refractivity contribution in [3.63, 3.8) is 0 Å². The Bertz CT molecular complexity index is 342. The maximum absolute atomic E-state index is 5.74. The second-order valence-corrected chi connectivity index (χ2v) is 5.29. The van der Waals surface area contributed by atoms with Gasteiger partial charge in [0.1, 0.15) is 12.4 Å². The predicted molar refractivity (Wildman–Crippen MR) is 73.3 cm³/mol. The Morgan fingerprint density at radius 1 is 1.35 bits per heavy atom. The van der Waals surface area contributed by atoms with Crippen LogP contribution in [0, 0.1) is 0 Å². The van der Waals surface area contributed by atoms with Crippen LogP contribution in [0.15, 0.2) is 28.7 Å². The molecule has 17 heavy (non-hydrogen) atoms. The van der Waals surface area contributed by atoms with Gasteiger partial charge in [0, 0.05) is 23.6 Å². The zero-order chi connectivity index (χ0) is 12.1. The van der Waals surface area contributed by atoms with Gasteiger partial charge in [0.05, 0.1) is 0 Å². The van der Waals surface area contributed by atoms with Crippen molar-refractivity contribution in [1.29, 1.82) is 0 Å². The van der Waals surface area contributed by atoms with Gasteiger partial charge in [-0.15, -0.1) is 0 Å². The summed E-state index contributed by atoms with van der Waals surface area (Å²) in [5, 5.41) is 0. The van der Waals surface area contributed by atoms with E-state index < -0.39 is 0 Å². The van der Waals surface area contributed by atoms with Crippen molar-refractivity contribution in [1.82, 2.24) is 4.90 Å². The van der Waals surface area contributed by atoms with E-state index in [4.69, 9.17) is 10.5 Å². The largest absolute Gasteiger partial charge is 0.492 e. The quantitative estimate of drug-likeness (QED) is 0.906. The molecule has 0 aromatic heterocycles. The number of rotatable bonds is 5. The molecule has 1 aliphatic rings. The lowest BCUT2D eigenvalue weighted by molar-refractivity contribution is 0.199. The first kappa shape index (κ1) is 12.9. The lowest BCUT2D eigenvalue weighted by Crippen LogP contribution is -2.37. The average molecular weight is 299 g/mol. The Labute approximate surface area is 111 Å². The van der Waals surface area contributed by atoms with Gasteiger partial charge in [-0.1, -0.05) is 15.9 Å². The van der Waals surface area contributed by atoms with Crippen LogP contribution in [0.2, 0.25) is 0 Å². The molecular weight excluding hydrogens is 280 g/mol. The number of ether oxygens (including phenoxy) is 1. The Kier molecular flexibility index (Phi) is 4.83. The van der Waals surface area contributed by atoms with E-state index in [1.165, 1.54) is 12.8 Å². The van der Waals surface area contributed by atoms with Crippen molar-refractivity contribution in [3.8, 4) is 5.75 Å². The second kappa shape index (κ2) is 6.38. The van der Waals surface area contributed by atoms with Crippen LogP contribution in [0.25, 0.3) is 0 Å². The first-order chi connectivity index (χ1) is 8.29. The number of halogens is 1. The summed E-state index contributed by atoms with van der Waals surface area (Å²) in [5.74, 6) is 0.927. The second-order valence-electron chi connectivity index (χ2n) is 4.37. The van der Waals surface area contributed by atoms with E-state index in [1.807, 2.05) is 24.3 Å². The van der Waals surface area contributed by atoms with E-state index in [-0.39, 0.29) is 0 Å². The van der Waals surface area contributed by atoms with Crippen LogP contribution in [0.1, 0.15) is 12.8 Å². The molecule has 0 spiro atoms. The molecule has 4 heteroatoms. The summed E-state index contributed by atoms with van der Waals surface area (Å²) in [5.41, 5.74) is 5.74. The minimum Gasteiger partial charge on any atom is -0.492 e. The molecule has 1 aliphatic heterocycles. The van der Waals surface area contributed by atoms with Crippen molar-refractivity contribution < 1.29 is 4.74 Å². The molecule has 0 bridgehead atoms. The Morgan fingerprint density at radius 2 is 2.12 bits per heavy atom. The first-order valence-corrected chi connectivity index (χ1v) is 6.91. The molecule has 0 saturated carbocycles. The van der Waals surface area contributed by atoms with Crippen LogP contribution >= 0.6 is 15.9 Å². The summed E-state index contributed by atoms with van der Waals surface area (Å²) < 4.78 is 6.79. The highest BCUT2D eigenvalue weighted by Crippen LogP contribution is 2.18.